The lowest BCUT2D eigenvalue weighted by Crippen LogP contribution is -2.10. The molecule has 0 aliphatic carbocycles. The smallest absolute Gasteiger partial charge is 0.126 e. The third-order valence-corrected chi connectivity index (χ3v) is 2.50. The van der Waals surface area contributed by atoms with Crippen molar-refractivity contribution < 1.29 is 0 Å². The van der Waals surface area contributed by atoms with E-state index < -0.39 is 0 Å². The molecule has 0 unspecified atom stereocenters. The van der Waals surface area contributed by atoms with Gasteiger partial charge in [0.05, 0.1) is 6.54 Å². The zero-order chi connectivity index (χ0) is 9.42. The van der Waals surface area contributed by atoms with Crippen molar-refractivity contribution in [3.63, 3.8) is 0 Å². The normalized spacial score (nSPS) is 14.5. The van der Waals surface area contributed by atoms with Gasteiger partial charge in [-0.15, -0.1) is 0 Å². The molecule has 2 rings (SSSR count). The van der Waals surface area contributed by atoms with Crippen LogP contribution in [0.3, 0.4) is 0 Å². The van der Waals surface area contributed by atoms with E-state index in [2.05, 4.69) is 37.0 Å². The van der Waals surface area contributed by atoms with Gasteiger partial charge in [0.2, 0.25) is 0 Å². The minimum atomic E-state index is 0.554. The maximum atomic E-state index is 5.77. The maximum absolute atomic E-state index is 5.77. The zero-order valence-electron chi connectivity index (χ0n) is 8.04. The largest absolute Gasteiger partial charge is 0.383 e. The number of nitrogens with zero attached hydrogens (tertiary/aromatic N) is 1. The van der Waals surface area contributed by atoms with Crippen molar-refractivity contribution in [3.05, 3.63) is 34.9 Å². The highest BCUT2D eigenvalue weighted by Crippen LogP contribution is 2.22. The molecule has 2 N–H and O–H groups in total. The highest BCUT2D eigenvalue weighted by Gasteiger charge is 2.13. The Kier molecular flexibility index (Phi) is 1.83. The Labute approximate surface area is 78.5 Å². The van der Waals surface area contributed by atoms with Crippen molar-refractivity contribution >= 4 is 5.84 Å². The summed E-state index contributed by atoms with van der Waals surface area (Å²) in [6.45, 7) is 5.12. The summed E-state index contributed by atoms with van der Waals surface area (Å²) in [7, 11) is 0. The molecule has 0 aromatic heterocycles. The van der Waals surface area contributed by atoms with Gasteiger partial charge in [-0.05, 0) is 23.1 Å². The molecule has 0 fully saturated rings. The molecule has 0 saturated heterocycles. The number of fused-ring (bicyclic) bond motifs is 1. The van der Waals surface area contributed by atoms with Gasteiger partial charge in [-0.2, -0.15) is 0 Å². The molecule has 0 bridgehead atoms. The molecule has 13 heavy (non-hydrogen) atoms. The van der Waals surface area contributed by atoms with Crippen LogP contribution in [-0.4, -0.2) is 5.84 Å². The lowest BCUT2D eigenvalue weighted by Gasteiger charge is -2.07. The molecule has 68 valence electrons. The average Bonchev–Trinajstić information content (AvgIpc) is 2.47. The number of aliphatic imine (C=N–C) groups is 1. The molecule has 2 nitrogen and oxygen atoms in total. The summed E-state index contributed by atoms with van der Waals surface area (Å²) in [4.78, 5) is 4.20. The van der Waals surface area contributed by atoms with E-state index in [4.69, 9.17) is 5.73 Å². The summed E-state index contributed by atoms with van der Waals surface area (Å²) >= 11 is 0. The third-order valence-electron chi connectivity index (χ3n) is 2.50. The van der Waals surface area contributed by atoms with E-state index >= 15 is 0 Å². The van der Waals surface area contributed by atoms with Crippen LogP contribution in [0.25, 0.3) is 0 Å². The molecule has 1 aromatic carbocycles. The number of amidine groups is 1. The second-order valence-electron chi connectivity index (χ2n) is 3.77. The van der Waals surface area contributed by atoms with Gasteiger partial charge in [0.25, 0.3) is 0 Å². The lowest BCUT2D eigenvalue weighted by atomic mass is 9.98. The summed E-state index contributed by atoms with van der Waals surface area (Å²) in [5.74, 6) is 1.25. The molecular weight excluding hydrogens is 160 g/mol. The fourth-order valence-electron chi connectivity index (χ4n) is 1.59. The average molecular weight is 174 g/mol. The number of rotatable bonds is 1. The first kappa shape index (κ1) is 8.30. The second kappa shape index (κ2) is 2.87. The summed E-state index contributed by atoms with van der Waals surface area (Å²) < 4.78 is 0. The highest BCUT2D eigenvalue weighted by atomic mass is 14.9. The first-order chi connectivity index (χ1) is 6.18. The van der Waals surface area contributed by atoms with Crippen LogP contribution in [0, 0.1) is 0 Å². The summed E-state index contributed by atoms with van der Waals surface area (Å²) in [5, 5.41) is 0. The quantitative estimate of drug-likeness (QED) is 0.695. The van der Waals surface area contributed by atoms with E-state index in [-0.39, 0.29) is 0 Å². The Bertz CT molecular complexity index is 364. The molecule has 1 heterocycles. The third kappa shape index (κ3) is 1.32. The molecular formula is C11H14N2. The molecule has 0 spiro atoms. The summed E-state index contributed by atoms with van der Waals surface area (Å²) in [6.07, 6.45) is 0. The molecule has 0 atom stereocenters. The number of nitrogens with two attached hydrogens (primary N) is 1. The molecule has 1 aliphatic heterocycles. The topological polar surface area (TPSA) is 38.4 Å². The van der Waals surface area contributed by atoms with E-state index in [1.807, 2.05) is 0 Å². The Morgan fingerprint density at radius 1 is 1.38 bits per heavy atom. The van der Waals surface area contributed by atoms with Gasteiger partial charge in [-0.3, -0.25) is 4.99 Å². The fourth-order valence-corrected chi connectivity index (χ4v) is 1.59. The van der Waals surface area contributed by atoms with Gasteiger partial charge >= 0.3 is 0 Å². The van der Waals surface area contributed by atoms with E-state index in [1.54, 1.807) is 0 Å². The maximum Gasteiger partial charge on any atom is 0.126 e. The lowest BCUT2D eigenvalue weighted by molar-refractivity contribution is 0.865. The van der Waals surface area contributed by atoms with Crippen LogP contribution in [0.5, 0.6) is 0 Å². The Hall–Kier alpha value is -1.31. The van der Waals surface area contributed by atoms with E-state index in [1.165, 1.54) is 11.1 Å². The van der Waals surface area contributed by atoms with Crippen LogP contribution in [0.2, 0.25) is 0 Å². The Morgan fingerprint density at radius 2 is 2.15 bits per heavy atom. The van der Waals surface area contributed by atoms with Gasteiger partial charge in [0, 0.05) is 5.56 Å². The molecule has 1 aliphatic rings. The van der Waals surface area contributed by atoms with Crippen LogP contribution < -0.4 is 5.73 Å². The second-order valence-corrected chi connectivity index (χ2v) is 3.77. The number of benzene rings is 1. The zero-order valence-corrected chi connectivity index (χ0v) is 8.04. The first-order valence-corrected chi connectivity index (χ1v) is 4.61. The van der Waals surface area contributed by atoms with Crippen LogP contribution in [0.1, 0.15) is 36.5 Å². The minimum Gasteiger partial charge on any atom is -0.383 e. The minimum absolute atomic E-state index is 0.554. The van der Waals surface area contributed by atoms with Crippen molar-refractivity contribution in [2.45, 2.75) is 26.3 Å². The SMILES string of the molecule is CC(C)c1ccc2c(c1)C(N)=NC2. The van der Waals surface area contributed by atoms with E-state index in [0.717, 1.165) is 12.1 Å². The summed E-state index contributed by atoms with van der Waals surface area (Å²) in [6, 6.07) is 6.46. The fraction of sp³-hybridized carbons (Fsp3) is 0.364. The van der Waals surface area contributed by atoms with E-state index in [0.29, 0.717) is 11.8 Å². The van der Waals surface area contributed by atoms with Crippen molar-refractivity contribution in [1.29, 1.82) is 0 Å². The molecule has 0 radical (unpaired) electrons. The van der Waals surface area contributed by atoms with E-state index in [9.17, 15) is 0 Å². The Balaban J connectivity index is 2.47. The number of hydrogen-bond donors (Lipinski definition) is 1. The predicted molar refractivity (Wildman–Crippen MR) is 55.0 cm³/mol. The molecule has 1 aromatic rings. The van der Waals surface area contributed by atoms with Crippen molar-refractivity contribution in [1.82, 2.24) is 0 Å². The van der Waals surface area contributed by atoms with Crippen LogP contribution in [0.4, 0.5) is 0 Å². The van der Waals surface area contributed by atoms with Crippen LogP contribution >= 0.6 is 0 Å². The van der Waals surface area contributed by atoms with Gasteiger partial charge in [-0.25, -0.2) is 0 Å². The Morgan fingerprint density at radius 3 is 2.85 bits per heavy atom. The van der Waals surface area contributed by atoms with Crippen molar-refractivity contribution in [2.75, 3.05) is 0 Å². The van der Waals surface area contributed by atoms with Gasteiger partial charge in [-0.1, -0.05) is 26.0 Å². The van der Waals surface area contributed by atoms with Gasteiger partial charge < -0.3 is 5.73 Å². The van der Waals surface area contributed by atoms with Crippen molar-refractivity contribution in [3.8, 4) is 0 Å². The van der Waals surface area contributed by atoms with Gasteiger partial charge in [0.15, 0.2) is 0 Å². The molecule has 2 heteroatoms. The highest BCUT2D eigenvalue weighted by molar-refractivity contribution is 6.00. The monoisotopic (exact) mass is 174 g/mol. The predicted octanol–water partition coefficient (Wildman–Crippen LogP) is 2.03. The summed E-state index contributed by atoms with van der Waals surface area (Å²) in [5.41, 5.74) is 9.48. The number of hydrogen-bond acceptors (Lipinski definition) is 2. The molecule has 0 saturated carbocycles. The standard InChI is InChI=1S/C11H14N2/c1-7(2)8-3-4-9-6-13-11(12)10(9)5-8/h3-5,7H,6H2,1-2H3,(H2,12,13). The first-order valence-electron chi connectivity index (χ1n) is 4.61. The van der Waals surface area contributed by atoms with Crippen LogP contribution in [-0.2, 0) is 6.54 Å². The van der Waals surface area contributed by atoms with Gasteiger partial charge in [0.1, 0.15) is 5.84 Å². The van der Waals surface area contributed by atoms with Crippen LogP contribution in [0.15, 0.2) is 23.2 Å². The molecule has 0 amide bonds. The van der Waals surface area contributed by atoms with Crippen molar-refractivity contribution in [2.24, 2.45) is 10.7 Å².